The van der Waals surface area contributed by atoms with E-state index in [1.807, 2.05) is 6.92 Å². The summed E-state index contributed by atoms with van der Waals surface area (Å²) in [5, 5.41) is 6.20. The summed E-state index contributed by atoms with van der Waals surface area (Å²) < 4.78 is 0. The summed E-state index contributed by atoms with van der Waals surface area (Å²) in [6.07, 6.45) is 0. The fraction of sp³-hybridized carbons (Fsp3) is 0.500. The predicted octanol–water partition coefficient (Wildman–Crippen LogP) is 2.06. The van der Waals surface area contributed by atoms with Gasteiger partial charge in [0.15, 0.2) is 5.96 Å². The van der Waals surface area contributed by atoms with Gasteiger partial charge in [-0.05, 0) is 31.9 Å². The molecule has 0 radical (unpaired) electrons. The Balaban J connectivity index is 0.00000441. The largest absolute Gasteiger partial charge is 0.357 e. The fourth-order valence-electron chi connectivity index (χ4n) is 1.85. The maximum atomic E-state index is 11.6. The second kappa shape index (κ2) is 10.4. The van der Waals surface area contributed by atoms with Crippen LogP contribution >= 0.6 is 24.0 Å². The number of guanidine groups is 1. The van der Waals surface area contributed by atoms with Crippen molar-refractivity contribution in [3.63, 3.8) is 0 Å². The van der Waals surface area contributed by atoms with Gasteiger partial charge in [0.1, 0.15) is 0 Å². The zero-order valence-corrected chi connectivity index (χ0v) is 16.4. The number of halogens is 1. The first-order chi connectivity index (χ1) is 9.93. The highest BCUT2D eigenvalue weighted by molar-refractivity contribution is 14.0. The molecule has 0 aliphatic rings. The van der Waals surface area contributed by atoms with Crippen LogP contribution < -0.4 is 10.6 Å². The third kappa shape index (κ3) is 7.11. The minimum atomic E-state index is 0. The second-order valence-corrected chi connectivity index (χ2v) is 5.27. The Morgan fingerprint density at radius 1 is 1.23 bits per heavy atom. The van der Waals surface area contributed by atoms with Crippen LogP contribution in [0, 0.1) is 13.8 Å². The van der Waals surface area contributed by atoms with Crippen molar-refractivity contribution < 1.29 is 4.79 Å². The topological polar surface area (TPSA) is 56.7 Å². The Morgan fingerprint density at radius 3 is 2.45 bits per heavy atom. The molecule has 22 heavy (non-hydrogen) atoms. The number of carbonyl (C=O) groups excluding carboxylic acids is 1. The number of hydrogen-bond acceptors (Lipinski definition) is 2. The van der Waals surface area contributed by atoms with E-state index >= 15 is 0 Å². The molecule has 1 aromatic carbocycles. The van der Waals surface area contributed by atoms with E-state index in [2.05, 4.69) is 47.7 Å². The molecule has 0 aliphatic carbocycles. The highest BCUT2D eigenvalue weighted by Crippen LogP contribution is 2.11. The molecule has 1 aromatic rings. The number of nitrogens with zero attached hydrogens (tertiary/aromatic N) is 2. The molecule has 0 aromatic heterocycles. The molecule has 2 N–H and O–H groups in total. The van der Waals surface area contributed by atoms with E-state index in [1.165, 1.54) is 16.7 Å². The zero-order valence-electron chi connectivity index (χ0n) is 14.1. The van der Waals surface area contributed by atoms with Crippen molar-refractivity contribution in [2.45, 2.75) is 27.3 Å². The van der Waals surface area contributed by atoms with Crippen LogP contribution in [0.25, 0.3) is 0 Å². The van der Waals surface area contributed by atoms with Crippen molar-refractivity contribution in [2.24, 2.45) is 4.99 Å². The molecule has 0 aliphatic heterocycles. The molecule has 0 unspecified atom stereocenters. The Kier molecular flexibility index (Phi) is 9.80. The molecule has 0 heterocycles. The van der Waals surface area contributed by atoms with Crippen LogP contribution in [-0.2, 0) is 11.3 Å². The molecule has 0 saturated carbocycles. The smallest absolute Gasteiger partial charge is 0.241 e. The van der Waals surface area contributed by atoms with Crippen LogP contribution in [0.4, 0.5) is 0 Å². The number of carbonyl (C=O) groups is 1. The van der Waals surface area contributed by atoms with Gasteiger partial charge in [-0.3, -0.25) is 4.79 Å². The average molecular weight is 418 g/mol. The summed E-state index contributed by atoms with van der Waals surface area (Å²) in [7, 11) is 3.48. The van der Waals surface area contributed by atoms with Crippen molar-refractivity contribution in [1.29, 1.82) is 0 Å². The van der Waals surface area contributed by atoms with Crippen molar-refractivity contribution in [3.8, 4) is 0 Å². The van der Waals surface area contributed by atoms with Gasteiger partial charge in [0, 0.05) is 20.6 Å². The number of rotatable bonds is 5. The maximum absolute atomic E-state index is 11.6. The molecule has 5 nitrogen and oxygen atoms in total. The molecule has 124 valence electrons. The first-order valence-electron chi connectivity index (χ1n) is 7.22. The third-order valence-electron chi connectivity index (χ3n) is 3.16. The van der Waals surface area contributed by atoms with Gasteiger partial charge in [-0.15, -0.1) is 24.0 Å². The molecule has 0 bridgehead atoms. The van der Waals surface area contributed by atoms with Crippen LogP contribution in [0.15, 0.2) is 23.2 Å². The molecule has 0 fully saturated rings. The van der Waals surface area contributed by atoms with Gasteiger partial charge in [-0.2, -0.15) is 0 Å². The molecular formula is C16H27IN4O. The van der Waals surface area contributed by atoms with Gasteiger partial charge >= 0.3 is 0 Å². The quantitative estimate of drug-likeness (QED) is 0.438. The summed E-state index contributed by atoms with van der Waals surface area (Å²) in [6, 6.07) is 6.34. The lowest BCUT2D eigenvalue weighted by molar-refractivity contribution is -0.127. The number of aliphatic imine (C=N–C) groups is 1. The lowest BCUT2D eigenvalue weighted by atomic mass is 10.1. The van der Waals surface area contributed by atoms with Crippen molar-refractivity contribution in [2.75, 3.05) is 27.2 Å². The average Bonchev–Trinajstić information content (AvgIpc) is 2.42. The molecule has 0 atom stereocenters. The molecule has 1 rings (SSSR count). The van der Waals surface area contributed by atoms with Crippen LogP contribution in [0.5, 0.6) is 0 Å². The van der Waals surface area contributed by atoms with E-state index < -0.39 is 0 Å². The number of benzene rings is 1. The van der Waals surface area contributed by atoms with Gasteiger partial charge in [0.05, 0.1) is 13.1 Å². The first kappa shape index (κ1) is 20.7. The highest BCUT2D eigenvalue weighted by atomic mass is 127. The molecule has 0 saturated heterocycles. The van der Waals surface area contributed by atoms with Crippen molar-refractivity contribution in [1.82, 2.24) is 15.5 Å². The van der Waals surface area contributed by atoms with Crippen LogP contribution in [0.3, 0.4) is 0 Å². The van der Waals surface area contributed by atoms with E-state index in [4.69, 9.17) is 0 Å². The van der Waals surface area contributed by atoms with Gasteiger partial charge in [-0.25, -0.2) is 4.99 Å². The lowest BCUT2D eigenvalue weighted by Crippen LogP contribution is -2.42. The maximum Gasteiger partial charge on any atom is 0.241 e. The Bertz CT molecular complexity index is 515. The summed E-state index contributed by atoms with van der Waals surface area (Å²) in [5.74, 6) is 0.680. The standard InChI is InChI=1S/C16H26N4O.HI/c1-6-17-16(19-11-15(21)20(4)5)18-10-14-8-7-12(2)9-13(14)3;/h7-9H,6,10-11H2,1-5H3,(H2,17,18,19);1H. The van der Waals surface area contributed by atoms with Gasteiger partial charge in [-0.1, -0.05) is 23.8 Å². The first-order valence-corrected chi connectivity index (χ1v) is 7.22. The third-order valence-corrected chi connectivity index (χ3v) is 3.16. The normalized spacial score (nSPS) is 10.7. The summed E-state index contributed by atoms with van der Waals surface area (Å²) in [6.45, 7) is 7.77. The van der Waals surface area contributed by atoms with E-state index in [-0.39, 0.29) is 36.4 Å². The number of amides is 1. The number of likely N-dealkylation sites (N-methyl/N-ethyl adjacent to an activating group) is 1. The van der Waals surface area contributed by atoms with Gasteiger partial charge in [0.25, 0.3) is 0 Å². The molecule has 6 heteroatoms. The molecule has 0 spiro atoms. The molecular weight excluding hydrogens is 391 g/mol. The number of hydrogen-bond donors (Lipinski definition) is 2. The summed E-state index contributed by atoms with van der Waals surface area (Å²) >= 11 is 0. The van der Waals surface area contributed by atoms with Crippen LogP contribution in [0.1, 0.15) is 23.6 Å². The van der Waals surface area contributed by atoms with E-state index in [0.717, 1.165) is 6.54 Å². The van der Waals surface area contributed by atoms with E-state index in [0.29, 0.717) is 12.5 Å². The predicted molar refractivity (Wildman–Crippen MR) is 103 cm³/mol. The highest BCUT2D eigenvalue weighted by Gasteiger charge is 2.05. The van der Waals surface area contributed by atoms with E-state index in [9.17, 15) is 4.79 Å². The van der Waals surface area contributed by atoms with Crippen LogP contribution in [0.2, 0.25) is 0 Å². The van der Waals surface area contributed by atoms with Gasteiger partial charge in [0.2, 0.25) is 5.91 Å². The lowest BCUT2D eigenvalue weighted by Gasteiger charge is -2.14. The fourth-order valence-corrected chi connectivity index (χ4v) is 1.85. The monoisotopic (exact) mass is 418 g/mol. The van der Waals surface area contributed by atoms with Gasteiger partial charge < -0.3 is 15.5 Å². The Labute approximate surface area is 150 Å². The zero-order chi connectivity index (χ0) is 15.8. The van der Waals surface area contributed by atoms with Crippen molar-refractivity contribution in [3.05, 3.63) is 34.9 Å². The minimum absolute atomic E-state index is 0. The molecule has 1 amide bonds. The minimum Gasteiger partial charge on any atom is -0.357 e. The number of aryl methyl sites for hydroxylation is 2. The van der Waals surface area contributed by atoms with Crippen molar-refractivity contribution >= 4 is 35.8 Å². The number of nitrogens with one attached hydrogen (secondary N) is 2. The summed E-state index contributed by atoms with van der Waals surface area (Å²) in [5.41, 5.74) is 3.68. The Morgan fingerprint density at radius 2 is 1.91 bits per heavy atom. The Hall–Kier alpha value is -1.31. The SMILES string of the molecule is CCNC(=NCc1ccc(C)cc1C)NCC(=O)N(C)C.I. The summed E-state index contributed by atoms with van der Waals surface area (Å²) in [4.78, 5) is 17.7. The second-order valence-electron chi connectivity index (χ2n) is 5.27. The van der Waals surface area contributed by atoms with Crippen LogP contribution in [-0.4, -0.2) is 44.0 Å². The van der Waals surface area contributed by atoms with E-state index in [1.54, 1.807) is 19.0 Å².